The first-order valence-corrected chi connectivity index (χ1v) is 10.6. The van der Waals surface area contributed by atoms with Gasteiger partial charge in [-0.1, -0.05) is 6.92 Å². The molecule has 1 unspecified atom stereocenters. The van der Waals surface area contributed by atoms with Gasteiger partial charge < -0.3 is 15.0 Å². The monoisotopic (exact) mass is 395 g/mol. The molecule has 4 rings (SSSR count). The summed E-state index contributed by atoms with van der Waals surface area (Å²) in [6.45, 7) is 4.05. The molecule has 28 heavy (non-hydrogen) atoms. The maximum Gasteiger partial charge on any atom is 0.255 e. The van der Waals surface area contributed by atoms with E-state index >= 15 is 0 Å². The Bertz CT molecular complexity index is 968. The lowest BCUT2D eigenvalue weighted by atomic mass is 10.1. The quantitative estimate of drug-likeness (QED) is 0.679. The highest BCUT2D eigenvalue weighted by molar-refractivity contribution is 7.18. The SMILES string of the molecule is CCc1nc2ccc(C(=O)Nc3ccc(N4CCCC(OC)C4)cc3)cc2s1. The lowest BCUT2D eigenvalue weighted by Crippen LogP contribution is -2.39. The highest BCUT2D eigenvalue weighted by atomic mass is 32.1. The standard InChI is InChI=1S/C22H25N3O2S/c1-3-21-24-19-11-6-15(13-20(19)28-21)22(26)23-16-7-9-17(10-8-16)25-12-4-5-18(14-25)27-2/h6-11,13,18H,3-5,12,14H2,1-2H3,(H,23,26). The van der Waals surface area contributed by atoms with E-state index in [2.05, 4.69) is 34.3 Å². The minimum absolute atomic E-state index is 0.0986. The van der Waals surface area contributed by atoms with E-state index in [-0.39, 0.29) is 5.91 Å². The molecule has 1 aliphatic rings. The number of anilines is 2. The van der Waals surface area contributed by atoms with E-state index in [9.17, 15) is 4.79 Å². The van der Waals surface area contributed by atoms with Crippen LogP contribution in [0.3, 0.4) is 0 Å². The third-order valence-corrected chi connectivity index (χ3v) is 6.36. The van der Waals surface area contributed by atoms with Crippen molar-refractivity contribution in [3.05, 3.63) is 53.0 Å². The lowest BCUT2D eigenvalue weighted by molar-refractivity contribution is 0.0893. The lowest BCUT2D eigenvalue weighted by Gasteiger charge is -2.33. The zero-order valence-electron chi connectivity index (χ0n) is 16.3. The van der Waals surface area contributed by atoms with Crippen LogP contribution in [-0.4, -0.2) is 37.2 Å². The fraction of sp³-hybridized carbons (Fsp3) is 0.364. The molecule has 0 bridgehead atoms. The molecule has 1 aliphatic heterocycles. The number of amides is 1. The molecular weight excluding hydrogens is 370 g/mol. The van der Waals surface area contributed by atoms with Crippen molar-refractivity contribution < 1.29 is 9.53 Å². The number of ether oxygens (including phenoxy) is 1. The van der Waals surface area contributed by atoms with Gasteiger partial charge in [0.05, 0.1) is 21.3 Å². The fourth-order valence-corrected chi connectivity index (χ4v) is 4.54. The third-order valence-electron chi connectivity index (χ3n) is 5.20. The van der Waals surface area contributed by atoms with Crippen LogP contribution in [0.4, 0.5) is 11.4 Å². The number of carbonyl (C=O) groups excluding carboxylic acids is 1. The molecule has 1 aromatic heterocycles. The number of piperidine rings is 1. The summed E-state index contributed by atoms with van der Waals surface area (Å²) in [6, 6.07) is 13.7. The van der Waals surface area contributed by atoms with Crippen LogP contribution >= 0.6 is 11.3 Å². The number of rotatable bonds is 5. The molecule has 146 valence electrons. The predicted octanol–water partition coefficient (Wildman–Crippen LogP) is 4.73. The van der Waals surface area contributed by atoms with Gasteiger partial charge in [-0.3, -0.25) is 4.79 Å². The van der Waals surface area contributed by atoms with Gasteiger partial charge in [0.1, 0.15) is 0 Å². The average Bonchev–Trinajstić information content (AvgIpc) is 3.17. The summed E-state index contributed by atoms with van der Waals surface area (Å²) < 4.78 is 6.56. The van der Waals surface area contributed by atoms with Crippen LogP contribution in [0.1, 0.15) is 35.1 Å². The van der Waals surface area contributed by atoms with Crippen molar-refractivity contribution in [3.63, 3.8) is 0 Å². The first-order chi connectivity index (χ1) is 13.7. The van der Waals surface area contributed by atoms with Crippen LogP contribution in [0.5, 0.6) is 0 Å². The Morgan fingerprint density at radius 1 is 1.29 bits per heavy atom. The molecule has 1 N–H and O–H groups in total. The van der Waals surface area contributed by atoms with E-state index in [1.165, 1.54) is 0 Å². The molecule has 3 aromatic rings. The second kappa shape index (κ2) is 8.29. The normalized spacial score (nSPS) is 17.1. The minimum Gasteiger partial charge on any atom is -0.380 e. The topological polar surface area (TPSA) is 54.5 Å². The van der Waals surface area contributed by atoms with Gasteiger partial charge in [-0.25, -0.2) is 4.98 Å². The van der Waals surface area contributed by atoms with Gasteiger partial charge in [0.15, 0.2) is 0 Å². The van der Waals surface area contributed by atoms with Gasteiger partial charge >= 0.3 is 0 Å². The molecule has 1 atom stereocenters. The van der Waals surface area contributed by atoms with Crippen LogP contribution in [0.15, 0.2) is 42.5 Å². The molecule has 0 aliphatic carbocycles. The fourth-order valence-electron chi connectivity index (χ4n) is 3.59. The Morgan fingerprint density at radius 3 is 2.86 bits per heavy atom. The summed E-state index contributed by atoms with van der Waals surface area (Å²) in [7, 11) is 1.78. The minimum atomic E-state index is -0.0986. The number of carbonyl (C=O) groups is 1. The maximum atomic E-state index is 12.6. The number of thiazole rings is 1. The third kappa shape index (κ3) is 4.03. The smallest absolute Gasteiger partial charge is 0.255 e. The Hall–Kier alpha value is -2.44. The first kappa shape index (κ1) is 18.9. The van der Waals surface area contributed by atoms with Crippen molar-refractivity contribution >= 4 is 38.8 Å². The second-order valence-corrected chi connectivity index (χ2v) is 8.21. The maximum absolute atomic E-state index is 12.6. The molecule has 0 saturated carbocycles. The molecule has 1 amide bonds. The van der Waals surface area contributed by atoms with Crippen LogP contribution in [0, 0.1) is 0 Å². The Labute approximate surface area is 169 Å². The summed E-state index contributed by atoms with van der Waals surface area (Å²) in [4.78, 5) is 19.5. The molecule has 1 saturated heterocycles. The molecule has 6 heteroatoms. The molecular formula is C22H25N3O2S. The Kier molecular flexibility index (Phi) is 5.59. The Balaban J connectivity index is 1.44. The van der Waals surface area contributed by atoms with Crippen molar-refractivity contribution in [3.8, 4) is 0 Å². The average molecular weight is 396 g/mol. The van der Waals surface area contributed by atoms with Gasteiger partial charge in [0.2, 0.25) is 0 Å². The number of nitrogens with one attached hydrogen (secondary N) is 1. The number of methoxy groups -OCH3 is 1. The van der Waals surface area contributed by atoms with E-state index in [0.717, 1.165) is 59.0 Å². The summed E-state index contributed by atoms with van der Waals surface area (Å²) in [5.74, 6) is -0.0986. The molecule has 5 nitrogen and oxygen atoms in total. The van der Waals surface area contributed by atoms with Gasteiger partial charge in [0.25, 0.3) is 5.91 Å². The van der Waals surface area contributed by atoms with Gasteiger partial charge in [0, 0.05) is 37.1 Å². The van der Waals surface area contributed by atoms with Gasteiger partial charge in [-0.05, 0) is 61.7 Å². The van der Waals surface area contributed by atoms with E-state index in [0.29, 0.717) is 11.7 Å². The molecule has 1 fully saturated rings. The zero-order chi connectivity index (χ0) is 19.5. The van der Waals surface area contributed by atoms with Crippen molar-refractivity contribution in [2.24, 2.45) is 0 Å². The number of aryl methyl sites for hydroxylation is 1. The summed E-state index contributed by atoms with van der Waals surface area (Å²) in [5, 5.41) is 4.09. The zero-order valence-corrected chi connectivity index (χ0v) is 17.1. The van der Waals surface area contributed by atoms with Crippen molar-refractivity contribution in [2.45, 2.75) is 32.3 Å². The number of aromatic nitrogens is 1. The predicted molar refractivity (Wildman–Crippen MR) is 116 cm³/mol. The number of benzene rings is 2. The van der Waals surface area contributed by atoms with Crippen LogP contribution in [-0.2, 0) is 11.2 Å². The van der Waals surface area contributed by atoms with E-state index < -0.39 is 0 Å². The highest BCUT2D eigenvalue weighted by Crippen LogP contribution is 2.25. The molecule has 0 radical (unpaired) electrons. The summed E-state index contributed by atoms with van der Waals surface area (Å²) in [5.41, 5.74) is 3.58. The van der Waals surface area contributed by atoms with Crippen LogP contribution in [0.2, 0.25) is 0 Å². The first-order valence-electron chi connectivity index (χ1n) is 9.75. The van der Waals surface area contributed by atoms with E-state index in [1.807, 2.05) is 30.3 Å². The van der Waals surface area contributed by atoms with E-state index in [1.54, 1.807) is 18.4 Å². The summed E-state index contributed by atoms with van der Waals surface area (Å²) >= 11 is 1.65. The molecule has 0 spiro atoms. The van der Waals surface area contributed by atoms with Crippen molar-refractivity contribution in [1.29, 1.82) is 0 Å². The Morgan fingerprint density at radius 2 is 2.11 bits per heavy atom. The van der Waals surface area contributed by atoms with Crippen molar-refractivity contribution in [1.82, 2.24) is 4.98 Å². The second-order valence-electron chi connectivity index (χ2n) is 7.09. The number of hydrogen-bond acceptors (Lipinski definition) is 5. The molecule has 2 heterocycles. The van der Waals surface area contributed by atoms with Gasteiger partial charge in [-0.2, -0.15) is 0 Å². The highest BCUT2D eigenvalue weighted by Gasteiger charge is 2.19. The van der Waals surface area contributed by atoms with Gasteiger partial charge in [-0.15, -0.1) is 11.3 Å². The summed E-state index contributed by atoms with van der Waals surface area (Å²) in [6.07, 6.45) is 3.46. The van der Waals surface area contributed by atoms with Crippen LogP contribution in [0.25, 0.3) is 10.2 Å². The number of hydrogen-bond donors (Lipinski definition) is 1. The largest absolute Gasteiger partial charge is 0.380 e. The number of nitrogens with zero attached hydrogens (tertiary/aromatic N) is 2. The molecule has 2 aromatic carbocycles. The number of fused-ring (bicyclic) bond motifs is 1. The van der Waals surface area contributed by atoms with E-state index in [4.69, 9.17) is 4.74 Å². The van der Waals surface area contributed by atoms with Crippen LogP contribution < -0.4 is 10.2 Å². The van der Waals surface area contributed by atoms with Crippen molar-refractivity contribution in [2.75, 3.05) is 30.4 Å².